The summed E-state index contributed by atoms with van der Waals surface area (Å²) in [6.45, 7) is 0.281. The molecule has 2 atom stereocenters. The molecule has 212 valence electrons. The Labute approximate surface area is 220 Å². The third-order valence-electron chi connectivity index (χ3n) is 7.47. The van der Waals surface area contributed by atoms with Crippen LogP contribution in [0.25, 0.3) is 0 Å². The van der Waals surface area contributed by atoms with E-state index < -0.39 is 53.0 Å². The van der Waals surface area contributed by atoms with Crippen molar-refractivity contribution in [3.05, 3.63) is 65.0 Å². The lowest BCUT2D eigenvalue weighted by molar-refractivity contribution is -0.143. The highest BCUT2D eigenvalue weighted by Crippen LogP contribution is 2.39. The van der Waals surface area contributed by atoms with Crippen molar-refractivity contribution >= 4 is 17.6 Å². The predicted molar refractivity (Wildman–Crippen MR) is 128 cm³/mol. The van der Waals surface area contributed by atoms with Gasteiger partial charge in [-0.05, 0) is 48.7 Å². The quantitative estimate of drug-likeness (QED) is 0.531. The summed E-state index contributed by atoms with van der Waals surface area (Å²) in [4.78, 5) is 29.9. The summed E-state index contributed by atoms with van der Waals surface area (Å²) in [5, 5.41) is 0. The number of likely N-dealkylation sites (N-methyl/N-ethyl adjacent to an activating group) is 1. The Morgan fingerprint density at radius 1 is 0.897 bits per heavy atom. The fourth-order valence-electron chi connectivity index (χ4n) is 5.14. The largest absolute Gasteiger partial charge is 0.416 e. The van der Waals surface area contributed by atoms with Crippen LogP contribution in [0.3, 0.4) is 0 Å². The van der Waals surface area contributed by atoms with Gasteiger partial charge >= 0.3 is 18.4 Å². The van der Waals surface area contributed by atoms with Crippen molar-refractivity contribution < 1.29 is 40.3 Å². The average Bonchev–Trinajstić information content (AvgIpc) is 3.29. The number of hydrogen-bond acceptors (Lipinski definition) is 3. The van der Waals surface area contributed by atoms with Gasteiger partial charge in [0.05, 0.1) is 17.2 Å². The molecule has 3 amide bonds. The Balaban J connectivity index is 1.63. The lowest BCUT2D eigenvalue weighted by Crippen LogP contribution is -2.49. The van der Waals surface area contributed by atoms with Gasteiger partial charge in [-0.25, -0.2) is 9.18 Å². The molecule has 1 saturated heterocycles. The van der Waals surface area contributed by atoms with Crippen molar-refractivity contribution in [2.24, 2.45) is 11.7 Å². The van der Waals surface area contributed by atoms with E-state index in [1.165, 1.54) is 36.2 Å². The first kappa shape index (κ1) is 28.7. The molecule has 0 spiro atoms. The number of carbonyl (C=O) groups is 2. The number of benzene rings is 2. The third kappa shape index (κ3) is 5.97. The van der Waals surface area contributed by atoms with Crippen LogP contribution in [0.1, 0.15) is 35.4 Å². The lowest BCUT2D eigenvalue weighted by atomic mass is 9.80. The second-order valence-electron chi connectivity index (χ2n) is 10.1. The standard InChI is InChI=1S/C26H27F7N4O2/c1-35(20-10-16(25(28,29)30)9-17(11-20)26(31,32)33)24(39)36(2)22-13-37(23(38)15-7-19(34)8-15)12-21(22)14-3-5-18(27)6-4-14/h3-6,9-11,15,19,21-22H,7-8,12-13,34H2,1-2H3. The van der Waals surface area contributed by atoms with Gasteiger partial charge in [0.25, 0.3) is 0 Å². The summed E-state index contributed by atoms with van der Waals surface area (Å²) < 4.78 is 93.7. The maximum atomic E-state index is 13.6. The zero-order valence-corrected chi connectivity index (χ0v) is 21.1. The van der Waals surface area contributed by atoms with E-state index >= 15 is 0 Å². The molecule has 1 aliphatic carbocycles. The van der Waals surface area contributed by atoms with Crippen LogP contribution in [-0.2, 0) is 17.1 Å². The minimum atomic E-state index is -5.07. The van der Waals surface area contributed by atoms with Crippen molar-refractivity contribution in [2.45, 2.75) is 43.2 Å². The van der Waals surface area contributed by atoms with Crippen LogP contribution < -0.4 is 10.6 Å². The molecule has 2 aromatic rings. The summed E-state index contributed by atoms with van der Waals surface area (Å²) in [6, 6.07) is 4.81. The first-order chi connectivity index (χ1) is 18.1. The summed E-state index contributed by atoms with van der Waals surface area (Å²) >= 11 is 0. The van der Waals surface area contributed by atoms with Gasteiger partial charge in [-0.2, -0.15) is 26.3 Å². The molecular weight excluding hydrogens is 533 g/mol. The summed E-state index contributed by atoms with van der Waals surface area (Å²) in [5.74, 6) is -1.37. The molecule has 13 heteroatoms. The lowest BCUT2D eigenvalue weighted by Gasteiger charge is -2.35. The molecular formula is C26H27F7N4O2. The maximum absolute atomic E-state index is 13.6. The molecule has 0 radical (unpaired) electrons. The number of rotatable bonds is 4. The van der Waals surface area contributed by atoms with E-state index in [0.717, 1.165) is 7.05 Å². The smallest absolute Gasteiger partial charge is 0.340 e. The van der Waals surface area contributed by atoms with E-state index in [4.69, 9.17) is 5.73 Å². The van der Waals surface area contributed by atoms with E-state index in [1.807, 2.05) is 0 Å². The van der Waals surface area contributed by atoms with Gasteiger partial charge in [0.2, 0.25) is 5.91 Å². The van der Waals surface area contributed by atoms with Gasteiger partial charge in [0, 0.05) is 50.7 Å². The highest BCUT2D eigenvalue weighted by atomic mass is 19.4. The third-order valence-corrected chi connectivity index (χ3v) is 7.47. The molecule has 1 aliphatic heterocycles. The van der Waals surface area contributed by atoms with Gasteiger partial charge in [-0.15, -0.1) is 0 Å². The molecule has 2 unspecified atom stereocenters. The molecule has 2 N–H and O–H groups in total. The fourth-order valence-corrected chi connectivity index (χ4v) is 5.14. The molecule has 2 fully saturated rings. The number of urea groups is 1. The fraction of sp³-hybridized carbons (Fsp3) is 0.462. The van der Waals surface area contributed by atoms with Gasteiger partial charge in [-0.3, -0.25) is 9.69 Å². The van der Waals surface area contributed by atoms with Gasteiger partial charge in [0.1, 0.15) is 5.82 Å². The van der Waals surface area contributed by atoms with Gasteiger partial charge in [0.15, 0.2) is 0 Å². The zero-order valence-electron chi connectivity index (χ0n) is 21.1. The Kier molecular flexibility index (Phi) is 7.58. The second-order valence-corrected chi connectivity index (χ2v) is 10.1. The van der Waals surface area contributed by atoms with Crippen molar-refractivity contribution in [2.75, 3.05) is 32.1 Å². The van der Waals surface area contributed by atoms with Crippen molar-refractivity contribution in [3.8, 4) is 0 Å². The first-order valence-electron chi connectivity index (χ1n) is 12.2. The van der Waals surface area contributed by atoms with Crippen LogP contribution in [0, 0.1) is 11.7 Å². The molecule has 39 heavy (non-hydrogen) atoms. The molecule has 1 saturated carbocycles. The number of anilines is 1. The van der Waals surface area contributed by atoms with E-state index in [1.54, 1.807) is 4.90 Å². The number of likely N-dealkylation sites (tertiary alicyclic amines) is 1. The number of hydrogen-bond donors (Lipinski definition) is 1. The number of amides is 3. The van der Waals surface area contributed by atoms with E-state index in [-0.39, 0.29) is 37.0 Å². The monoisotopic (exact) mass is 560 g/mol. The van der Waals surface area contributed by atoms with Crippen molar-refractivity contribution in [3.63, 3.8) is 0 Å². The predicted octanol–water partition coefficient (Wildman–Crippen LogP) is 5.08. The zero-order chi connectivity index (χ0) is 28.9. The number of halogens is 7. The molecule has 2 aromatic carbocycles. The van der Waals surface area contributed by atoms with Crippen LogP contribution >= 0.6 is 0 Å². The number of nitrogens with two attached hydrogens (primary N) is 1. The normalized spacial score (nSPS) is 23.4. The highest BCUT2D eigenvalue weighted by molar-refractivity contribution is 5.92. The first-order valence-corrected chi connectivity index (χ1v) is 12.2. The van der Waals surface area contributed by atoms with Crippen LogP contribution in [0.15, 0.2) is 42.5 Å². The average molecular weight is 561 g/mol. The molecule has 6 nitrogen and oxygen atoms in total. The van der Waals surface area contributed by atoms with Crippen LogP contribution in [0.2, 0.25) is 0 Å². The number of carbonyl (C=O) groups excluding carboxylic acids is 2. The minimum Gasteiger partial charge on any atom is -0.340 e. The second kappa shape index (κ2) is 10.3. The summed E-state index contributed by atoms with van der Waals surface area (Å²) in [5.41, 5.74) is 2.75. The molecule has 4 rings (SSSR count). The Morgan fingerprint density at radius 3 is 1.92 bits per heavy atom. The van der Waals surface area contributed by atoms with Crippen LogP contribution in [-0.4, -0.2) is 61.0 Å². The summed E-state index contributed by atoms with van der Waals surface area (Å²) in [7, 11) is 2.44. The molecule has 1 heterocycles. The van der Waals surface area contributed by atoms with Gasteiger partial charge < -0.3 is 15.5 Å². The van der Waals surface area contributed by atoms with Crippen molar-refractivity contribution in [1.82, 2.24) is 9.80 Å². The van der Waals surface area contributed by atoms with Crippen LogP contribution in [0.4, 0.5) is 41.2 Å². The number of nitrogens with zero attached hydrogens (tertiary/aromatic N) is 3. The SMILES string of the molecule is CN(C(=O)N(C)C1CN(C(=O)C2CC(N)C2)CC1c1ccc(F)cc1)c1cc(C(F)(F)F)cc(C(F)(F)F)c1. The van der Waals surface area contributed by atoms with Crippen molar-refractivity contribution in [1.29, 1.82) is 0 Å². The highest BCUT2D eigenvalue weighted by Gasteiger charge is 2.44. The molecule has 0 bridgehead atoms. The summed E-state index contributed by atoms with van der Waals surface area (Å²) in [6.07, 6.45) is -9.10. The Bertz CT molecular complexity index is 1190. The molecule has 0 aromatic heterocycles. The Hall–Kier alpha value is -3.35. The van der Waals surface area contributed by atoms with Crippen LogP contribution in [0.5, 0.6) is 0 Å². The Morgan fingerprint density at radius 2 is 1.44 bits per heavy atom. The van der Waals surface area contributed by atoms with E-state index in [0.29, 0.717) is 35.4 Å². The van der Waals surface area contributed by atoms with Gasteiger partial charge in [-0.1, -0.05) is 12.1 Å². The number of alkyl halides is 6. The van der Waals surface area contributed by atoms with E-state index in [2.05, 4.69) is 0 Å². The topological polar surface area (TPSA) is 69.9 Å². The van der Waals surface area contributed by atoms with E-state index in [9.17, 15) is 40.3 Å². The maximum Gasteiger partial charge on any atom is 0.416 e. The molecule has 2 aliphatic rings. The minimum absolute atomic E-state index is 0.0110.